The molecule has 0 atom stereocenters. The van der Waals surface area contributed by atoms with Gasteiger partial charge in [0, 0.05) is 24.1 Å². The number of halogens is 1. The molecule has 0 amide bonds. The Morgan fingerprint density at radius 2 is 2.19 bits per heavy atom. The molecular weight excluding hydrogens is 351 g/mol. The number of carbonyl (C=O) groups is 1. The lowest BCUT2D eigenvalue weighted by molar-refractivity contribution is 0.0593. The summed E-state index contributed by atoms with van der Waals surface area (Å²) in [5, 5.41) is 9.14. The average molecular weight is 366 g/mol. The van der Waals surface area contributed by atoms with Crippen LogP contribution in [0.15, 0.2) is 48.8 Å². The van der Waals surface area contributed by atoms with Crippen LogP contribution in [0.2, 0.25) is 0 Å². The zero-order valence-electron chi connectivity index (χ0n) is 14.3. The van der Waals surface area contributed by atoms with E-state index in [1.165, 1.54) is 30.0 Å². The van der Waals surface area contributed by atoms with E-state index in [0.29, 0.717) is 11.4 Å². The summed E-state index contributed by atoms with van der Waals surface area (Å²) in [7, 11) is 1.19. The van der Waals surface area contributed by atoms with Crippen LogP contribution in [0.1, 0.15) is 21.7 Å². The van der Waals surface area contributed by atoms with Gasteiger partial charge in [0.05, 0.1) is 24.1 Å². The van der Waals surface area contributed by atoms with Gasteiger partial charge in [0.2, 0.25) is 0 Å². The van der Waals surface area contributed by atoms with E-state index in [1.807, 2.05) is 12.1 Å². The fourth-order valence-electron chi connectivity index (χ4n) is 2.51. The standard InChI is InChI=1S/C19H15FN4O3/c1-26-19(25)18-17(22)12(9-21)10-24(18)14-5-6-16(15(20)8-14)27-11-13-4-2-3-7-23-13/h2-8,10H,11,22H2,1H3. The Morgan fingerprint density at radius 1 is 1.37 bits per heavy atom. The summed E-state index contributed by atoms with van der Waals surface area (Å²) in [6.45, 7) is 0.111. The van der Waals surface area contributed by atoms with Crippen LogP contribution in [0.5, 0.6) is 5.75 Å². The van der Waals surface area contributed by atoms with E-state index in [4.69, 9.17) is 20.5 Å². The van der Waals surface area contributed by atoms with E-state index < -0.39 is 11.8 Å². The zero-order valence-corrected chi connectivity index (χ0v) is 14.3. The molecule has 0 radical (unpaired) electrons. The fraction of sp³-hybridized carbons (Fsp3) is 0.105. The molecule has 2 heterocycles. The number of ether oxygens (including phenoxy) is 2. The Morgan fingerprint density at radius 3 is 2.81 bits per heavy atom. The number of hydrogen-bond acceptors (Lipinski definition) is 6. The Kier molecular flexibility index (Phi) is 5.04. The van der Waals surface area contributed by atoms with Crippen molar-refractivity contribution in [3.8, 4) is 17.5 Å². The first-order valence-corrected chi connectivity index (χ1v) is 7.87. The van der Waals surface area contributed by atoms with Crippen LogP contribution in [-0.4, -0.2) is 22.6 Å². The molecule has 1 aromatic carbocycles. The molecule has 0 saturated heterocycles. The summed E-state index contributed by atoms with van der Waals surface area (Å²) < 4.78 is 25.9. The SMILES string of the molecule is COC(=O)c1c(N)c(C#N)cn1-c1ccc(OCc2ccccn2)c(F)c1. The molecule has 7 nitrogen and oxygen atoms in total. The lowest BCUT2D eigenvalue weighted by Gasteiger charge is -2.11. The monoisotopic (exact) mass is 366 g/mol. The Hall–Kier alpha value is -3.86. The van der Waals surface area contributed by atoms with Crippen LogP contribution in [0, 0.1) is 17.1 Å². The van der Waals surface area contributed by atoms with Crippen molar-refractivity contribution < 1.29 is 18.7 Å². The topological polar surface area (TPSA) is 103 Å². The summed E-state index contributed by atoms with van der Waals surface area (Å²) in [5.74, 6) is -1.33. The minimum Gasteiger partial charge on any atom is -0.484 e. The maximum Gasteiger partial charge on any atom is 0.357 e. The maximum absolute atomic E-state index is 14.5. The molecular formula is C19H15FN4O3. The minimum absolute atomic E-state index is 0.0276. The number of carbonyl (C=O) groups excluding carboxylic acids is 1. The second-order valence-corrected chi connectivity index (χ2v) is 5.50. The molecule has 0 bridgehead atoms. The number of rotatable bonds is 5. The molecule has 0 saturated carbocycles. The number of nitriles is 1. The van der Waals surface area contributed by atoms with Crippen LogP contribution < -0.4 is 10.5 Å². The molecule has 0 fully saturated rings. The Balaban J connectivity index is 1.92. The van der Waals surface area contributed by atoms with Crippen LogP contribution in [0.3, 0.4) is 0 Å². The van der Waals surface area contributed by atoms with Crippen LogP contribution in [0.25, 0.3) is 5.69 Å². The number of pyridine rings is 1. The van der Waals surface area contributed by atoms with E-state index >= 15 is 0 Å². The molecule has 0 aliphatic heterocycles. The highest BCUT2D eigenvalue weighted by Gasteiger charge is 2.22. The van der Waals surface area contributed by atoms with Gasteiger partial charge in [-0.1, -0.05) is 6.07 Å². The molecule has 0 unspecified atom stereocenters. The molecule has 3 rings (SSSR count). The number of methoxy groups -OCH3 is 1. The lowest BCUT2D eigenvalue weighted by Crippen LogP contribution is -2.11. The Bertz CT molecular complexity index is 1030. The molecule has 136 valence electrons. The molecule has 3 aromatic rings. The van der Waals surface area contributed by atoms with Crippen molar-refractivity contribution in [1.29, 1.82) is 5.26 Å². The number of anilines is 1. The summed E-state index contributed by atoms with van der Waals surface area (Å²) >= 11 is 0. The smallest absolute Gasteiger partial charge is 0.357 e. The van der Waals surface area contributed by atoms with Gasteiger partial charge < -0.3 is 19.8 Å². The first-order chi connectivity index (χ1) is 13.0. The van der Waals surface area contributed by atoms with Gasteiger partial charge in [-0.2, -0.15) is 5.26 Å². The lowest BCUT2D eigenvalue weighted by atomic mass is 10.2. The van der Waals surface area contributed by atoms with E-state index in [9.17, 15) is 9.18 Å². The van der Waals surface area contributed by atoms with Gasteiger partial charge >= 0.3 is 5.97 Å². The van der Waals surface area contributed by atoms with Crippen molar-refractivity contribution in [3.05, 3.63) is 71.6 Å². The normalized spacial score (nSPS) is 10.3. The van der Waals surface area contributed by atoms with Crippen molar-refractivity contribution in [1.82, 2.24) is 9.55 Å². The van der Waals surface area contributed by atoms with Gasteiger partial charge in [0.25, 0.3) is 0 Å². The summed E-state index contributed by atoms with van der Waals surface area (Å²) in [6.07, 6.45) is 2.97. The molecule has 27 heavy (non-hydrogen) atoms. The summed E-state index contributed by atoms with van der Waals surface area (Å²) in [6, 6.07) is 11.4. The molecule has 2 aromatic heterocycles. The summed E-state index contributed by atoms with van der Waals surface area (Å²) in [5.41, 5.74) is 6.81. The van der Waals surface area contributed by atoms with Crippen molar-refractivity contribution in [2.75, 3.05) is 12.8 Å². The van der Waals surface area contributed by atoms with Crippen LogP contribution in [0.4, 0.5) is 10.1 Å². The second kappa shape index (κ2) is 7.58. The average Bonchev–Trinajstić information content (AvgIpc) is 3.03. The molecule has 8 heteroatoms. The largest absolute Gasteiger partial charge is 0.484 e. The fourth-order valence-corrected chi connectivity index (χ4v) is 2.51. The van der Waals surface area contributed by atoms with Crippen LogP contribution in [-0.2, 0) is 11.3 Å². The van der Waals surface area contributed by atoms with Gasteiger partial charge in [0.15, 0.2) is 17.3 Å². The van der Waals surface area contributed by atoms with E-state index in [1.54, 1.807) is 24.4 Å². The van der Waals surface area contributed by atoms with Crippen LogP contribution >= 0.6 is 0 Å². The molecule has 0 aliphatic rings. The maximum atomic E-state index is 14.5. The number of benzene rings is 1. The third-order valence-electron chi connectivity index (χ3n) is 3.84. The third kappa shape index (κ3) is 3.57. The van der Waals surface area contributed by atoms with Gasteiger partial charge in [-0.3, -0.25) is 4.98 Å². The number of nitrogens with two attached hydrogens (primary N) is 1. The quantitative estimate of drug-likeness (QED) is 0.697. The third-order valence-corrected chi connectivity index (χ3v) is 3.84. The highest BCUT2D eigenvalue weighted by atomic mass is 19.1. The van der Waals surface area contributed by atoms with E-state index in [0.717, 1.165) is 0 Å². The molecule has 2 N–H and O–H groups in total. The summed E-state index contributed by atoms with van der Waals surface area (Å²) in [4.78, 5) is 16.1. The van der Waals surface area contributed by atoms with E-state index in [-0.39, 0.29) is 29.3 Å². The van der Waals surface area contributed by atoms with Crippen molar-refractivity contribution in [2.24, 2.45) is 0 Å². The van der Waals surface area contributed by atoms with Crippen molar-refractivity contribution in [2.45, 2.75) is 6.61 Å². The van der Waals surface area contributed by atoms with Crippen molar-refractivity contribution in [3.63, 3.8) is 0 Å². The first-order valence-electron chi connectivity index (χ1n) is 7.87. The van der Waals surface area contributed by atoms with Gasteiger partial charge in [-0.15, -0.1) is 0 Å². The number of nitrogens with zero attached hydrogens (tertiary/aromatic N) is 3. The second-order valence-electron chi connectivity index (χ2n) is 5.50. The molecule has 0 spiro atoms. The van der Waals surface area contributed by atoms with Gasteiger partial charge in [-0.05, 0) is 24.3 Å². The van der Waals surface area contributed by atoms with Gasteiger partial charge in [-0.25, -0.2) is 9.18 Å². The number of nitrogen functional groups attached to an aromatic ring is 1. The number of esters is 1. The van der Waals surface area contributed by atoms with Gasteiger partial charge in [0.1, 0.15) is 12.7 Å². The number of hydrogen-bond donors (Lipinski definition) is 1. The number of aromatic nitrogens is 2. The minimum atomic E-state index is -0.732. The zero-order chi connectivity index (χ0) is 19.4. The predicted molar refractivity (Wildman–Crippen MR) is 94.8 cm³/mol. The van der Waals surface area contributed by atoms with Crippen molar-refractivity contribution >= 4 is 11.7 Å². The van der Waals surface area contributed by atoms with E-state index in [2.05, 4.69) is 4.98 Å². The molecule has 0 aliphatic carbocycles. The highest BCUT2D eigenvalue weighted by Crippen LogP contribution is 2.27. The Labute approximate surface area is 154 Å². The highest BCUT2D eigenvalue weighted by molar-refractivity contribution is 5.95. The first kappa shape index (κ1) is 17.9. The predicted octanol–water partition coefficient (Wildman–Crippen LogP) is 2.83.